The van der Waals surface area contributed by atoms with E-state index >= 15 is 0 Å². The molecule has 0 spiro atoms. The molecule has 2 aromatic carbocycles. The summed E-state index contributed by atoms with van der Waals surface area (Å²) in [5, 5.41) is 4.07. The lowest BCUT2D eigenvalue weighted by Gasteiger charge is -2.13. The molecule has 0 unspecified atom stereocenters. The third kappa shape index (κ3) is 5.25. The normalized spacial score (nSPS) is 11.0. The fraction of sp³-hybridized carbons (Fsp3) is 0.318. The molecule has 0 atom stereocenters. The lowest BCUT2D eigenvalue weighted by atomic mass is 10.1. The van der Waals surface area contributed by atoms with Gasteiger partial charge in [0.2, 0.25) is 5.91 Å². The molecule has 0 aliphatic heterocycles. The monoisotopic (exact) mass is 411 g/mol. The Morgan fingerprint density at radius 3 is 2.79 bits per heavy atom. The molecule has 6 nitrogen and oxygen atoms in total. The number of ether oxygens (including phenoxy) is 1. The standard InChI is InChI=1S/C22H25N3O3S/c1-15-9-10-16(2)19(13-15)23-20(26)14-29-22-24-18-8-5-4-7-17(18)21(27)25(22)11-6-12-28-3/h4-5,7-10,13H,6,11-12,14H2,1-3H3,(H,23,26). The smallest absolute Gasteiger partial charge is 0.262 e. The maximum Gasteiger partial charge on any atom is 0.262 e. The van der Waals surface area contributed by atoms with E-state index in [0.29, 0.717) is 35.6 Å². The Kier molecular flexibility index (Phi) is 7.06. The van der Waals surface area contributed by atoms with Gasteiger partial charge < -0.3 is 10.1 Å². The van der Waals surface area contributed by atoms with Crippen molar-refractivity contribution in [3.63, 3.8) is 0 Å². The number of anilines is 1. The molecule has 1 amide bonds. The number of nitrogens with one attached hydrogen (secondary N) is 1. The first-order valence-electron chi connectivity index (χ1n) is 9.48. The van der Waals surface area contributed by atoms with E-state index in [1.54, 1.807) is 17.7 Å². The zero-order chi connectivity index (χ0) is 20.8. The Morgan fingerprint density at radius 1 is 1.21 bits per heavy atom. The largest absolute Gasteiger partial charge is 0.385 e. The second kappa shape index (κ2) is 9.71. The highest BCUT2D eigenvalue weighted by molar-refractivity contribution is 7.99. The Balaban J connectivity index is 1.80. The number of hydrogen-bond donors (Lipinski definition) is 1. The van der Waals surface area contributed by atoms with E-state index in [9.17, 15) is 9.59 Å². The van der Waals surface area contributed by atoms with Crippen LogP contribution in [0.15, 0.2) is 52.4 Å². The van der Waals surface area contributed by atoms with Crippen molar-refractivity contribution in [1.82, 2.24) is 9.55 Å². The van der Waals surface area contributed by atoms with Crippen LogP contribution in [-0.4, -0.2) is 34.9 Å². The third-order valence-electron chi connectivity index (χ3n) is 4.56. The van der Waals surface area contributed by atoms with Gasteiger partial charge in [0.25, 0.3) is 5.56 Å². The lowest BCUT2D eigenvalue weighted by molar-refractivity contribution is -0.113. The number of nitrogens with zero attached hydrogens (tertiary/aromatic N) is 2. The fourth-order valence-electron chi connectivity index (χ4n) is 3.01. The molecular formula is C22H25N3O3S. The van der Waals surface area contributed by atoms with Gasteiger partial charge in [-0.05, 0) is 49.6 Å². The third-order valence-corrected chi connectivity index (χ3v) is 5.53. The van der Waals surface area contributed by atoms with E-state index in [0.717, 1.165) is 16.8 Å². The maximum atomic E-state index is 12.9. The molecule has 0 bridgehead atoms. The molecular weight excluding hydrogens is 386 g/mol. The molecule has 3 rings (SSSR count). The summed E-state index contributed by atoms with van der Waals surface area (Å²) in [7, 11) is 1.63. The van der Waals surface area contributed by atoms with Gasteiger partial charge in [-0.2, -0.15) is 0 Å². The topological polar surface area (TPSA) is 73.2 Å². The maximum absolute atomic E-state index is 12.9. The van der Waals surface area contributed by atoms with E-state index < -0.39 is 0 Å². The van der Waals surface area contributed by atoms with Crippen LogP contribution in [0.1, 0.15) is 17.5 Å². The molecule has 7 heteroatoms. The average Bonchev–Trinajstić information content (AvgIpc) is 2.71. The number of aromatic nitrogens is 2. The summed E-state index contributed by atoms with van der Waals surface area (Å²) < 4.78 is 6.75. The van der Waals surface area contributed by atoms with Crippen LogP contribution in [0.3, 0.4) is 0 Å². The van der Waals surface area contributed by atoms with Crippen molar-refractivity contribution in [1.29, 1.82) is 0 Å². The van der Waals surface area contributed by atoms with Gasteiger partial charge in [-0.25, -0.2) is 4.98 Å². The van der Waals surface area contributed by atoms with Crippen molar-refractivity contribution in [3.8, 4) is 0 Å². The van der Waals surface area contributed by atoms with Gasteiger partial charge in [-0.1, -0.05) is 36.0 Å². The number of rotatable bonds is 8. The van der Waals surface area contributed by atoms with Gasteiger partial charge in [-0.15, -0.1) is 0 Å². The summed E-state index contributed by atoms with van der Waals surface area (Å²) in [5.74, 6) is 0.0390. The van der Waals surface area contributed by atoms with E-state index in [1.807, 2.05) is 50.2 Å². The van der Waals surface area contributed by atoms with Crippen molar-refractivity contribution in [2.24, 2.45) is 0 Å². The molecule has 3 aromatic rings. The Hall–Kier alpha value is -2.64. The predicted octanol–water partition coefficient (Wildman–Crippen LogP) is 3.78. The number of carbonyl (C=O) groups excluding carboxylic acids is 1. The number of hydrogen-bond acceptors (Lipinski definition) is 5. The van der Waals surface area contributed by atoms with Crippen LogP contribution in [0.25, 0.3) is 10.9 Å². The van der Waals surface area contributed by atoms with Crippen molar-refractivity contribution >= 4 is 34.3 Å². The van der Waals surface area contributed by atoms with E-state index in [-0.39, 0.29) is 17.2 Å². The van der Waals surface area contributed by atoms with Crippen molar-refractivity contribution in [2.75, 3.05) is 24.8 Å². The van der Waals surface area contributed by atoms with Crippen LogP contribution in [0.2, 0.25) is 0 Å². The number of benzene rings is 2. The number of fused-ring (bicyclic) bond motifs is 1. The van der Waals surface area contributed by atoms with Crippen molar-refractivity contribution in [2.45, 2.75) is 32.0 Å². The predicted molar refractivity (Wildman–Crippen MR) is 118 cm³/mol. The van der Waals surface area contributed by atoms with Crippen LogP contribution < -0.4 is 10.9 Å². The summed E-state index contributed by atoms with van der Waals surface area (Å²) in [6.45, 7) is 4.99. The number of para-hydroxylation sites is 1. The van der Waals surface area contributed by atoms with E-state index in [4.69, 9.17) is 4.74 Å². The summed E-state index contributed by atoms with van der Waals surface area (Å²) in [4.78, 5) is 30.1. The number of amides is 1. The quantitative estimate of drug-likeness (QED) is 0.347. The molecule has 152 valence electrons. The second-order valence-electron chi connectivity index (χ2n) is 6.87. The Morgan fingerprint density at radius 2 is 2.00 bits per heavy atom. The molecule has 0 saturated carbocycles. The SMILES string of the molecule is COCCCn1c(SCC(=O)Nc2cc(C)ccc2C)nc2ccccc2c1=O. The zero-order valence-corrected chi connectivity index (χ0v) is 17.7. The average molecular weight is 412 g/mol. The van der Waals surface area contributed by atoms with Crippen LogP contribution in [0.4, 0.5) is 5.69 Å². The van der Waals surface area contributed by atoms with Crippen LogP contribution in [0, 0.1) is 13.8 Å². The molecule has 1 aromatic heterocycles. The minimum absolute atomic E-state index is 0.0934. The van der Waals surface area contributed by atoms with Crippen molar-refractivity contribution < 1.29 is 9.53 Å². The second-order valence-corrected chi connectivity index (χ2v) is 7.81. The number of methoxy groups -OCH3 is 1. The lowest BCUT2D eigenvalue weighted by Crippen LogP contribution is -2.25. The zero-order valence-electron chi connectivity index (χ0n) is 16.9. The summed E-state index contributed by atoms with van der Waals surface area (Å²) >= 11 is 1.27. The molecule has 1 N–H and O–H groups in total. The van der Waals surface area contributed by atoms with Gasteiger partial charge in [0.1, 0.15) is 0 Å². The Bertz CT molecular complexity index is 1080. The first-order valence-corrected chi connectivity index (χ1v) is 10.5. The van der Waals surface area contributed by atoms with Crippen LogP contribution in [-0.2, 0) is 16.1 Å². The van der Waals surface area contributed by atoms with Crippen molar-refractivity contribution in [3.05, 3.63) is 63.9 Å². The fourth-order valence-corrected chi connectivity index (χ4v) is 3.83. The van der Waals surface area contributed by atoms with E-state index in [1.165, 1.54) is 11.8 Å². The summed E-state index contributed by atoms with van der Waals surface area (Å²) in [6.07, 6.45) is 0.693. The number of carbonyl (C=O) groups is 1. The summed E-state index contributed by atoms with van der Waals surface area (Å²) in [5.41, 5.74) is 3.44. The highest BCUT2D eigenvalue weighted by Gasteiger charge is 2.13. The number of aryl methyl sites for hydroxylation is 2. The van der Waals surface area contributed by atoms with Crippen LogP contribution >= 0.6 is 11.8 Å². The molecule has 0 saturated heterocycles. The molecule has 1 heterocycles. The highest BCUT2D eigenvalue weighted by Crippen LogP contribution is 2.20. The summed E-state index contributed by atoms with van der Waals surface area (Å²) in [6, 6.07) is 13.2. The molecule has 0 aliphatic rings. The van der Waals surface area contributed by atoms with Gasteiger partial charge in [0.05, 0.1) is 16.7 Å². The van der Waals surface area contributed by atoms with Gasteiger partial charge in [0, 0.05) is 25.9 Å². The van der Waals surface area contributed by atoms with E-state index in [2.05, 4.69) is 10.3 Å². The number of thioether (sulfide) groups is 1. The first kappa shape index (κ1) is 21.1. The van der Waals surface area contributed by atoms with Crippen LogP contribution in [0.5, 0.6) is 0 Å². The molecule has 29 heavy (non-hydrogen) atoms. The minimum Gasteiger partial charge on any atom is -0.385 e. The molecule has 0 aliphatic carbocycles. The highest BCUT2D eigenvalue weighted by atomic mass is 32.2. The minimum atomic E-state index is -0.130. The molecule has 0 radical (unpaired) electrons. The van der Waals surface area contributed by atoms with Gasteiger partial charge in [0.15, 0.2) is 5.16 Å². The van der Waals surface area contributed by atoms with Gasteiger partial charge >= 0.3 is 0 Å². The first-order chi connectivity index (χ1) is 14.0. The van der Waals surface area contributed by atoms with Gasteiger partial charge in [-0.3, -0.25) is 14.2 Å². The Labute approximate surface area is 174 Å². The molecule has 0 fully saturated rings.